The zero-order chi connectivity index (χ0) is 11.5. The van der Waals surface area contributed by atoms with Crippen molar-refractivity contribution in [2.75, 3.05) is 5.75 Å². The molecule has 2 rings (SSSR count). The van der Waals surface area contributed by atoms with E-state index in [1.165, 1.54) is 6.07 Å². The second-order valence-corrected chi connectivity index (χ2v) is 5.21. The van der Waals surface area contributed by atoms with Gasteiger partial charge in [-0.15, -0.1) is 0 Å². The van der Waals surface area contributed by atoms with Gasteiger partial charge in [0, 0.05) is 10.8 Å². The van der Waals surface area contributed by atoms with Crippen LogP contribution in [0.25, 0.3) is 0 Å². The van der Waals surface area contributed by atoms with Gasteiger partial charge in [-0.2, -0.15) is 11.8 Å². The average Bonchev–Trinajstić information content (AvgIpc) is 2.78. The molecule has 2 atom stereocenters. The van der Waals surface area contributed by atoms with E-state index in [0.29, 0.717) is 5.56 Å². The first kappa shape index (κ1) is 11.8. The van der Waals surface area contributed by atoms with Crippen LogP contribution in [0.2, 0.25) is 0 Å². The minimum Gasteiger partial charge on any atom is -0.271 e. The van der Waals surface area contributed by atoms with Gasteiger partial charge in [0.05, 0.1) is 6.04 Å². The predicted molar refractivity (Wildman–Crippen MR) is 61.9 cm³/mol. The van der Waals surface area contributed by atoms with Crippen LogP contribution in [0, 0.1) is 11.6 Å². The minimum absolute atomic E-state index is 0.223. The van der Waals surface area contributed by atoms with Crippen molar-refractivity contribution in [3.05, 3.63) is 35.4 Å². The molecule has 0 amide bonds. The first-order valence-electron chi connectivity index (χ1n) is 5.25. The number of hydrogen-bond acceptors (Lipinski definition) is 3. The van der Waals surface area contributed by atoms with Gasteiger partial charge in [0.1, 0.15) is 11.6 Å². The van der Waals surface area contributed by atoms with Gasteiger partial charge in [0.25, 0.3) is 0 Å². The molecule has 0 spiro atoms. The van der Waals surface area contributed by atoms with Crippen molar-refractivity contribution < 1.29 is 8.78 Å². The molecule has 1 fully saturated rings. The molecule has 1 aliphatic heterocycles. The first-order valence-corrected chi connectivity index (χ1v) is 6.30. The largest absolute Gasteiger partial charge is 0.271 e. The van der Waals surface area contributed by atoms with Crippen molar-refractivity contribution in [3.63, 3.8) is 0 Å². The Morgan fingerprint density at radius 1 is 1.44 bits per heavy atom. The second-order valence-electron chi connectivity index (χ2n) is 3.86. The van der Waals surface area contributed by atoms with Crippen LogP contribution in [0.5, 0.6) is 0 Å². The van der Waals surface area contributed by atoms with E-state index in [-0.39, 0.29) is 11.3 Å². The number of thioether (sulfide) groups is 1. The third-order valence-electron chi connectivity index (χ3n) is 2.81. The maximum atomic E-state index is 13.6. The fourth-order valence-corrected chi connectivity index (χ4v) is 3.40. The lowest BCUT2D eigenvalue weighted by Gasteiger charge is -2.22. The van der Waals surface area contributed by atoms with Crippen LogP contribution in [0.15, 0.2) is 18.2 Å². The molecule has 0 aromatic heterocycles. The highest BCUT2D eigenvalue weighted by Gasteiger charge is 2.28. The maximum Gasteiger partial charge on any atom is 0.128 e. The third-order valence-corrected chi connectivity index (χ3v) is 4.27. The molecule has 1 heterocycles. The van der Waals surface area contributed by atoms with Crippen molar-refractivity contribution in [1.29, 1.82) is 0 Å². The topological polar surface area (TPSA) is 38.0 Å². The predicted octanol–water partition coefficient (Wildman–Crippen LogP) is 2.36. The van der Waals surface area contributed by atoms with Crippen molar-refractivity contribution in [2.45, 2.75) is 24.1 Å². The second kappa shape index (κ2) is 5.12. The number of nitrogens with two attached hydrogens (primary N) is 1. The summed E-state index contributed by atoms with van der Waals surface area (Å²) < 4.78 is 26.7. The molecule has 5 heteroatoms. The van der Waals surface area contributed by atoms with Gasteiger partial charge in [0.15, 0.2) is 0 Å². The number of hydrogen-bond donors (Lipinski definition) is 2. The molecule has 3 N–H and O–H groups in total. The summed E-state index contributed by atoms with van der Waals surface area (Å²) in [5, 5.41) is 0.223. The highest BCUT2D eigenvalue weighted by atomic mass is 32.2. The highest BCUT2D eigenvalue weighted by Crippen LogP contribution is 2.36. The van der Waals surface area contributed by atoms with Crippen LogP contribution >= 0.6 is 11.8 Å². The van der Waals surface area contributed by atoms with E-state index in [1.807, 2.05) is 0 Å². The van der Waals surface area contributed by atoms with Gasteiger partial charge in [-0.25, -0.2) is 8.78 Å². The zero-order valence-corrected chi connectivity index (χ0v) is 9.57. The highest BCUT2D eigenvalue weighted by molar-refractivity contribution is 8.00. The monoisotopic (exact) mass is 244 g/mol. The van der Waals surface area contributed by atoms with Crippen molar-refractivity contribution in [1.82, 2.24) is 5.43 Å². The number of benzene rings is 1. The van der Waals surface area contributed by atoms with Crippen molar-refractivity contribution in [3.8, 4) is 0 Å². The lowest BCUT2D eigenvalue weighted by atomic mass is 10.0. The SMILES string of the molecule is NNC(c1cc(F)ccc1F)C1CCCS1. The third kappa shape index (κ3) is 2.36. The Morgan fingerprint density at radius 2 is 2.25 bits per heavy atom. The molecule has 0 aliphatic carbocycles. The minimum atomic E-state index is -0.431. The van der Waals surface area contributed by atoms with Gasteiger partial charge in [-0.3, -0.25) is 11.3 Å². The fraction of sp³-hybridized carbons (Fsp3) is 0.455. The lowest BCUT2D eigenvalue weighted by molar-refractivity contribution is 0.483. The summed E-state index contributed by atoms with van der Waals surface area (Å²) in [6, 6.07) is 3.17. The molecular formula is C11H14F2N2S. The van der Waals surface area contributed by atoms with E-state index in [4.69, 9.17) is 5.84 Å². The van der Waals surface area contributed by atoms with Crippen LogP contribution in [-0.2, 0) is 0 Å². The summed E-state index contributed by atoms with van der Waals surface area (Å²) in [5.41, 5.74) is 2.92. The summed E-state index contributed by atoms with van der Waals surface area (Å²) in [5.74, 6) is 5.67. The fourth-order valence-electron chi connectivity index (χ4n) is 2.02. The average molecular weight is 244 g/mol. The van der Waals surface area contributed by atoms with Crippen molar-refractivity contribution in [2.24, 2.45) is 5.84 Å². The Balaban J connectivity index is 2.28. The lowest BCUT2D eigenvalue weighted by Crippen LogP contribution is -2.34. The Bertz CT molecular complexity index is 367. The molecule has 2 unspecified atom stereocenters. The molecule has 0 bridgehead atoms. The summed E-state index contributed by atoms with van der Waals surface area (Å²) in [7, 11) is 0. The molecule has 1 saturated heterocycles. The normalized spacial score (nSPS) is 22.3. The van der Waals surface area contributed by atoms with Crippen LogP contribution in [-0.4, -0.2) is 11.0 Å². The van der Waals surface area contributed by atoms with E-state index in [1.54, 1.807) is 11.8 Å². The quantitative estimate of drug-likeness (QED) is 0.633. The van der Waals surface area contributed by atoms with Gasteiger partial charge in [0.2, 0.25) is 0 Å². The van der Waals surface area contributed by atoms with Crippen LogP contribution in [0.1, 0.15) is 24.4 Å². The molecule has 0 saturated carbocycles. The van der Waals surface area contributed by atoms with E-state index in [2.05, 4.69) is 5.43 Å². The van der Waals surface area contributed by atoms with Crippen LogP contribution in [0.3, 0.4) is 0 Å². The van der Waals surface area contributed by atoms with Gasteiger partial charge in [-0.1, -0.05) is 0 Å². The van der Waals surface area contributed by atoms with E-state index in [0.717, 1.165) is 30.7 Å². The van der Waals surface area contributed by atoms with Crippen molar-refractivity contribution >= 4 is 11.8 Å². The standard InChI is InChI=1S/C11H14F2N2S/c12-7-3-4-9(13)8(6-7)11(15-14)10-2-1-5-16-10/h3-4,6,10-11,15H,1-2,5,14H2. The molecule has 0 radical (unpaired) electrons. The summed E-state index contributed by atoms with van der Waals surface area (Å²) >= 11 is 1.75. The van der Waals surface area contributed by atoms with E-state index < -0.39 is 11.6 Å². The van der Waals surface area contributed by atoms with Crippen LogP contribution in [0.4, 0.5) is 8.78 Å². The Labute approximate surface area is 97.6 Å². The van der Waals surface area contributed by atoms with Gasteiger partial charge < -0.3 is 0 Å². The first-order chi connectivity index (χ1) is 7.72. The number of halogens is 2. The molecule has 1 aromatic rings. The molecule has 88 valence electrons. The molecule has 2 nitrogen and oxygen atoms in total. The Morgan fingerprint density at radius 3 is 2.88 bits per heavy atom. The summed E-state index contributed by atoms with van der Waals surface area (Å²) in [4.78, 5) is 0. The van der Waals surface area contributed by atoms with Gasteiger partial charge in [-0.05, 0) is 36.8 Å². The summed E-state index contributed by atoms with van der Waals surface area (Å²) in [6.07, 6.45) is 2.08. The smallest absolute Gasteiger partial charge is 0.128 e. The van der Waals surface area contributed by atoms with Gasteiger partial charge >= 0.3 is 0 Å². The van der Waals surface area contributed by atoms with E-state index >= 15 is 0 Å². The number of hydrazine groups is 1. The molecule has 1 aliphatic rings. The molecule has 1 aromatic carbocycles. The summed E-state index contributed by atoms with van der Waals surface area (Å²) in [6.45, 7) is 0. The number of nitrogens with one attached hydrogen (secondary N) is 1. The maximum absolute atomic E-state index is 13.6. The molecule has 16 heavy (non-hydrogen) atoms. The zero-order valence-electron chi connectivity index (χ0n) is 8.75. The Hall–Kier alpha value is -0.650. The number of rotatable bonds is 3. The van der Waals surface area contributed by atoms with E-state index in [9.17, 15) is 8.78 Å². The van der Waals surface area contributed by atoms with Crippen LogP contribution < -0.4 is 11.3 Å². The molecular weight excluding hydrogens is 230 g/mol. The Kier molecular flexibility index (Phi) is 3.78.